The lowest BCUT2D eigenvalue weighted by Gasteiger charge is -2.37. The molecule has 1 spiro atoms. The van der Waals surface area contributed by atoms with Crippen molar-refractivity contribution in [1.82, 2.24) is 4.90 Å². The van der Waals surface area contributed by atoms with Crippen molar-refractivity contribution >= 4 is 5.91 Å². The lowest BCUT2D eigenvalue weighted by Crippen LogP contribution is -2.45. The predicted molar refractivity (Wildman–Crippen MR) is 85.6 cm³/mol. The average Bonchev–Trinajstić information content (AvgIpc) is 3.35. The molecule has 2 atom stereocenters. The fourth-order valence-corrected chi connectivity index (χ4v) is 4.29. The van der Waals surface area contributed by atoms with Crippen molar-refractivity contribution in [1.29, 1.82) is 0 Å². The van der Waals surface area contributed by atoms with Crippen LogP contribution in [0.25, 0.3) is 0 Å². The second-order valence-corrected chi connectivity index (χ2v) is 7.21. The molecule has 1 aromatic carbocycles. The van der Waals surface area contributed by atoms with E-state index in [4.69, 9.17) is 4.74 Å². The monoisotopic (exact) mass is 299 g/mol. The maximum Gasteiger partial charge on any atom is 0.226 e. The Morgan fingerprint density at radius 1 is 1.09 bits per heavy atom. The molecule has 118 valence electrons. The summed E-state index contributed by atoms with van der Waals surface area (Å²) in [6, 6.07) is 10.6. The summed E-state index contributed by atoms with van der Waals surface area (Å²) in [5.41, 5.74) is 1.50. The Balaban J connectivity index is 1.48. The Bertz CT molecular complexity index is 528. The van der Waals surface area contributed by atoms with Crippen molar-refractivity contribution in [2.45, 2.75) is 50.0 Å². The van der Waals surface area contributed by atoms with Crippen LogP contribution in [0.15, 0.2) is 30.3 Å². The van der Waals surface area contributed by atoms with Gasteiger partial charge in [0.25, 0.3) is 0 Å². The minimum Gasteiger partial charge on any atom is -0.369 e. The van der Waals surface area contributed by atoms with Gasteiger partial charge in [0.05, 0.1) is 12.2 Å². The van der Waals surface area contributed by atoms with Gasteiger partial charge in [0.2, 0.25) is 5.91 Å². The van der Waals surface area contributed by atoms with Crippen molar-refractivity contribution in [2.24, 2.45) is 5.92 Å². The molecule has 2 aliphatic heterocycles. The van der Waals surface area contributed by atoms with Gasteiger partial charge in [0.1, 0.15) is 0 Å². The number of nitrogens with zero attached hydrogens (tertiary/aromatic N) is 1. The number of likely N-dealkylation sites (tertiary alicyclic amines) is 1. The first kappa shape index (κ1) is 14.3. The standard InChI is InChI=1S/C19H25NO2/c21-18(20-12-10-19(11-13-20)14-22-19)17-9-5-4-8-16(17)15-6-2-1-3-7-15/h1-3,6-7,16-17H,4-5,8-14H2. The molecule has 2 heterocycles. The molecule has 0 bridgehead atoms. The van der Waals surface area contributed by atoms with E-state index in [1.54, 1.807) is 0 Å². The van der Waals surface area contributed by atoms with E-state index in [-0.39, 0.29) is 11.5 Å². The molecule has 3 aliphatic rings. The first-order valence-corrected chi connectivity index (χ1v) is 8.75. The fraction of sp³-hybridized carbons (Fsp3) is 0.632. The minimum atomic E-state index is 0.155. The highest BCUT2D eigenvalue weighted by molar-refractivity contribution is 5.80. The van der Waals surface area contributed by atoms with Crippen molar-refractivity contribution in [3.8, 4) is 0 Å². The highest BCUT2D eigenvalue weighted by Crippen LogP contribution is 2.41. The minimum absolute atomic E-state index is 0.155. The topological polar surface area (TPSA) is 32.8 Å². The Hall–Kier alpha value is -1.35. The molecule has 0 radical (unpaired) electrons. The maximum absolute atomic E-state index is 13.1. The summed E-state index contributed by atoms with van der Waals surface area (Å²) in [4.78, 5) is 15.2. The Kier molecular flexibility index (Phi) is 3.69. The zero-order valence-corrected chi connectivity index (χ0v) is 13.2. The molecule has 0 N–H and O–H groups in total. The molecule has 0 aromatic heterocycles. The number of amides is 1. The molecule has 2 saturated heterocycles. The zero-order valence-electron chi connectivity index (χ0n) is 13.2. The molecular formula is C19H25NO2. The number of carbonyl (C=O) groups excluding carboxylic acids is 1. The molecule has 2 unspecified atom stereocenters. The molecule has 1 saturated carbocycles. The van der Waals surface area contributed by atoms with Crippen LogP contribution in [0.1, 0.15) is 50.0 Å². The maximum atomic E-state index is 13.1. The number of rotatable bonds is 2. The second-order valence-electron chi connectivity index (χ2n) is 7.21. The quantitative estimate of drug-likeness (QED) is 0.785. The summed E-state index contributed by atoms with van der Waals surface area (Å²) in [6.45, 7) is 2.68. The number of epoxide rings is 1. The van der Waals surface area contributed by atoms with Crippen molar-refractivity contribution < 1.29 is 9.53 Å². The van der Waals surface area contributed by atoms with Crippen LogP contribution in [0.3, 0.4) is 0 Å². The lowest BCUT2D eigenvalue weighted by atomic mass is 9.74. The molecule has 1 aliphatic carbocycles. The largest absolute Gasteiger partial charge is 0.369 e. The van der Waals surface area contributed by atoms with Crippen LogP contribution in [0, 0.1) is 5.92 Å². The molecule has 1 amide bonds. The van der Waals surface area contributed by atoms with Gasteiger partial charge in [-0.2, -0.15) is 0 Å². The number of benzene rings is 1. The molecule has 22 heavy (non-hydrogen) atoms. The summed E-state index contributed by atoms with van der Waals surface area (Å²) in [5, 5.41) is 0. The van der Waals surface area contributed by atoms with Gasteiger partial charge in [-0.25, -0.2) is 0 Å². The van der Waals surface area contributed by atoms with Crippen molar-refractivity contribution in [2.75, 3.05) is 19.7 Å². The van der Waals surface area contributed by atoms with Crippen LogP contribution in [-0.4, -0.2) is 36.1 Å². The number of piperidine rings is 1. The summed E-state index contributed by atoms with van der Waals surface area (Å²) in [7, 11) is 0. The Morgan fingerprint density at radius 3 is 2.45 bits per heavy atom. The number of hydrogen-bond donors (Lipinski definition) is 0. The van der Waals surface area contributed by atoms with Gasteiger partial charge in [0.15, 0.2) is 0 Å². The van der Waals surface area contributed by atoms with Crippen LogP contribution in [0.5, 0.6) is 0 Å². The average molecular weight is 299 g/mol. The number of ether oxygens (including phenoxy) is 1. The summed E-state index contributed by atoms with van der Waals surface area (Å²) in [5.74, 6) is 0.991. The summed E-state index contributed by atoms with van der Waals surface area (Å²) in [6.07, 6.45) is 6.71. The van der Waals surface area contributed by atoms with E-state index < -0.39 is 0 Å². The lowest BCUT2D eigenvalue weighted by molar-refractivity contribution is -0.138. The number of hydrogen-bond acceptors (Lipinski definition) is 2. The third-order valence-corrected chi connectivity index (χ3v) is 5.85. The van der Waals surface area contributed by atoms with Crippen molar-refractivity contribution in [3.05, 3.63) is 35.9 Å². The first-order valence-electron chi connectivity index (χ1n) is 8.75. The predicted octanol–water partition coefficient (Wildman–Crippen LogP) is 3.35. The summed E-state index contributed by atoms with van der Waals surface area (Å²) < 4.78 is 5.56. The number of carbonyl (C=O) groups is 1. The SMILES string of the molecule is O=C(C1CCCCC1c1ccccc1)N1CCC2(CC1)CO2. The highest BCUT2D eigenvalue weighted by Gasteiger charge is 2.48. The summed E-state index contributed by atoms with van der Waals surface area (Å²) >= 11 is 0. The molecule has 3 fully saturated rings. The van der Waals surface area contributed by atoms with Gasteiger partial charge >= 0.3 is 0 Å². The molecular weight excluding hydrogens is 274 g/mol. The normalized spacial score (nSPS) is 30.3. The van der Waals surface area contributed by atoms with E-state index in [9.17, 15) is 4.79 Å². The van der Waals surface area contributed by atoms with Crippen LogP contribution >= 0.6 is 0 Å². The van der Waals surface area contributed by atoms with Crippen LogP contribution in [-0.2, 0) is 9.53 Å². The third-order valence-electron chi connectivity index (χ3n) is 5.85. The highest BCUT2D eigenvalue weighted by atomic mass is 16.6. The fourth-order valence-electron chi connectivity index (χ4n) is 4.29. The zero-order chi connectivity index (χ0) is 15.0. The molecule has 3 heteroatoms. The van der Waals surface area contributed by atoms with Crippen molar-refractivity contribution in [3.63, 3.8) is 0 Å². The van der Waals surface area contributed by atoms with Crippen LogP contribution in [0.4, 0.5) is 0 Å². The molecule has 1 aromatic rings. The van der Waals surface area contributed by atoms with E-state index >= 15 is 0 Å². The van der Waals surface area contributed by atoms with Crippen LogP contribution in [0.2, 0.25) is 0 Å². The smallest absolute Gasteiger partial charge is 0.226 e. The Labute approximate surface area is 132 Å². The Morgan fingerprint density at radius 2 is 1.77 bits per heavy atom. The van der Waals surface area contributed by atoms with Gasteiger partial charge in [-0.15, -0.1) is 0 Å². The first-order chi connectivity index (χ1) is 10.8. The van der Waals surface area contributed by atoms with E-state index in [1.165, 1.54) is 18.4 Å². The molecule has 4 rings (SSSR count). The van der Waals surface area contributed by atoms with Gasteiger partial charge in [-0.05, 0) is 37.2 Å². The van der Waals surface area contributed by atoms with Gasteiger partial charge in [-0.3, -0.25) is 4.79 Å². The van der Waals surface area contributed by atoms with E-state index in [0.29, 0.717) is 11.8 Å². The van der Waals surface area contributed by atoms with Gasteiger partial charge in [-0.1, -0.05) is 43.2 Å². The van der Waals surface area contributed by atoms with E-state index in [2.05, 4.69) is 35.2 Å². The van der Waals surface area contributed by atoms with E-state index in [1.807, 2.05) is 0 Å². The third kappa shape index (κ3) is 2.67. The van der Waals surface area contributed by atoms with E-state index in [0.717, 1.165) is 45.4 Å². The molecule has 3 nitrogen and oxygen atoms in total. The van der Waals surface area contributed by atoms with Gasteiger partial charge in [0, 0.05) is 19.0 Å². The van der Waals surface area contributed by atoms with Gasteiger partial charge < -0.3 is 9.64 Å². The van der Waals surface area contributed by atoms with Crippen LogP contribution < -0.4 is 0 Å². The second kappa shape index (κ2) is 5.69.